The quantitative estimate of drug-likeness (QED) is 0.538. The van der Waals surface area contributed by atoms with Gasteiger partial charge in [-0.25, -0.2) is 8.78 Å². The maximum atomic E-state index is 12.0. The maximum absolute atomic E-state index is 12.0. The van der Waals surface area contributed by atoms with E-state index in [9.17, 15) is 13.9 Å². The molecule has 1 aliphatic rings. The Labute approximate surface area is 99.4 Å². The first-order valence-electron chi connectivity index (χ1n) is 5.74. The number of rotatable bonds is 7. The fourth-order valence-electron chi connectivity index (χ4n) is 1.63. The third kappa shape index (κ3) is 6.23. The second-order valence-electron chi connectivity index (χ2n) is 4.13. The Morgan fingerprint density at radius 3 is 2.41 bits per heavy atom. The monoisotopic (exact) mass is 254 g/mol. The number of nitrogens with one attached hydrogen (secondary N) is 1. The number of hydrogen-bond donors (Lipinski definition) is 3. The largest absolute Gasteiger partial charge is 0.390 e. The zero-order valence-electron chi connectivity index (χ0n) is 9.69. The van der Waals surface area contributed by atoms with Crippen molar-refractivity contribution in [2.75, 3.05) is 45.9 Å². The van der Waals surface area contributed by atoms with Crippen LogP contribution in [-0.2, 0) is 4.74 Å². The SMILES string of the molecule is OC(CNCC(O)C(F)F)CN1CCOCC1. The van der Waals surface area contributed by atoms with Gasteiger partial charge < -0.3 is 20.3 Å². The molecule has 0 aromatic rings. The molecule has 2 unspecified atom stereocenters. The Morgan fingerprint density at radius 2 is 1.82 bits per heavy atom. The molecule has 0 radical (unpaired) electrons. The lowest BCUT2D eigenvalue weighted by Crippen LogP contribution is -2.45. The molecule has 3 N–H and O–H groups in total. The zero-order valence-corrected chi connectivity index (χ0v) is 9.69. The van der Waals surface area contributed by atoms with E-state index in [2.05, 4.69) is 10.2 Å². The molecule has 102 valence electrons. The van der Waals surface area contributed by atoms with Crippen LogP contribution in [0.5, 0.6) is 0 Å². The minimum atomic E-state index is -2.75. The molecule has 1 rings (SSSR count). The van der Waals surface area contributed by atoms with E-state index in [1.165, 1.54) is 0 Å². The Kier molecular flexibility index (Phi) is 6.83. The van der Waals surface area contributed by atoms with Gasteiger partial charge in [-0.15, -0.1) is 0 Å². The van der Waals surface area contributed by atoms with Gasteiger partial charge in [0.2, 0.25) is 0 Å². The second kappa shape index (κ2) is 7.88. The van der Waals surface area contributed by atoms with Crippen molar-refractivity contribution in [3.8, 4) is 0 Å². The summed E-state index contributed by atoms with van der Waals surface area (Å²) in [6, 6.07) is 0. The summed E-state index contributed by atoms with van der Waals surface area (Å²) >= 11 is 0. The molecule has 0 aliphatic carbocycles. The van der Waals surface area contributed by atoms with Crippen LogP contribution in [0.4, 0.5) is 8.78 Å². The molecule has 0 aromatic carbocycles. The van der Waals surface area contributed by atoms with E-state index in [4.69, 9.17) is 9.84 Å². The molecule has 1 saturated heterocycles. The minimum Gasteiger partial charge on any atom is -0.390 e. The van der Waals surface area contributed by atoms with Gasteiger partial charge in [0.05, 0.1) is 19.3 Å². The Balaban J connectivity index is 2.06. The Bertz CT molecular complexity index is 204. The van der Waals surface area contributed by atoms with Gasteiger partial charge >= 0.3 is 0 Å². The van der Waals surface area contributed by atoms with Gasteiger partial charge in [0, 0.05) is 32.7 Å². The molecule has 0 spiro atoms. The molecule has 7 heteroatoms. The standard InChI is InChI=1S/C10H20F2N2O3/c11-10(12)9(16)6-13-5-8(15)7-14-1-3-17-4-2-14/h8-10,13,15-16H,1-7H2. The van der Waals surface area contributed by atoms with Crippen LogP contribution < -0.4 is 5.32 Å². The van der Waals surface area contributed by atoms with Gasteiger partial charge in [-0.2, -0.15) is 0 Å². The van der Waals surface area contributed by atoms with E-state index in [0.29, 0.717) is 19.8 Å². The van der Waals surface area contributed by atoms with Crippen LogP contribution in [0.25, 0.3) is 0 Å². The van der Waals surface area contributed by atoms with Gasteiger partial charge in [0.15, 0.2) is 0 Å². The number of nitrogens with zero attached hydrogens (tertiary/aromatic N) is 1. The zero-order chi connectivity index (χ0) is 12.7. The highest BCUT2D eigenvalue weighted by Crippen LogP contribution is 2.00. The highest BCUT2D eigenvalue weighted by molar-refractivity contribution is 4.70. The average molecular weight is 254 g/mol. The third-order valence-corrected chi connectivity index (χ3v) is 2.60. The number of morpholine rings is 1. The second-order valence-corrected chi connectivity index (χ2v) is 4.13. The highest BCUT2D eigenvalue weighted by Gasteiger charge is 2.18. The molecule has 0 bridgehead atoms. The lowest BCUT2D eigenvalue weighted by molar-refractivity contribution is -0.00725. The number of aliphatic hydroxyl groups excluding tert-OH is 2. The van der Waals surface area contributed by atoms with Crippen molar-refractivity contribution in [3.63, 3.8) is 0 Å². The number of halogens is 2. The summed E-state index contributed by atoms with van der Waals surface area (Å²) < 4.78 is 29.1. The summed E-state index contributed by atoms with van der Waals surface area (Å²) in [6.45, 7) is 3.34. The van der Waals surface area contributed by atoms with Crippen molar-refractivity contribution in [2.24, 2.45) is 0 Å². The smallest absolute Gasteiger partial charge is 0.265 e. The van der Waals surface area contributed by atoms with E-state index in [1.54, 1.807) is 0 Å². The fourth-order valence-corrected chi connectivity index (χ4v) is 1.63. The van der Waals surface area contributed by atoms with Crippen molar-refractivity contribution in [2.45, 2.75) is 18.6 Å². The van der Waals surface area contributed by atoms with Crippen molar-refractivity contribution < 1.29 is 23.7 Å². The molecular formula is C10H20F2N2O3. The van der Waals surface area contributed by atoms with Crippen LogP contribution in [0.15, 0.2) is 0 Å². The van der Waals surface area contributed by atoms with Crippen molar-refractivity contribution in [3.05, 3.63) is 0 Å². The molecule has 0 aromatic heterocycles. The van der Waals surface area contributed by atoms with Crippen molar-refractivity contribution in [1.82, 2.24) is 10.2 Å². The molecule has 1 heterocycles. The molecule has 17 heavy (non-hydrogen) atoms. The van der Waals surface area contributed by atoms with E-state index in [1.807, 2.05) is 0 Å². The predicted molar refractivity (Wildman–Crippen MR) is 58.1 cm³/mol. The van der Waals surface area contributed by atoms with Gasteiger partial charge in [-0.1, -0.05) is 0 Å². The minimum absolute atomic E-state index is 0.196. The maximum Gasteiger partial charge on any atom is 0.265 e. The van der Waals surface area contributed by atoms with Gasteiger partial charge in [0.25, 0.3) is 6.43 Å². The highest BCUT2D eigenvalue weighted by atomic mass is 19.3. The van der Waals surface area contributed by atoms with Gasteiger partial charge in [0.1, 0.15) is 6.10 Å². The van der Waals surface area contributed by atoms with E-state index in [0.717, 1.165) is 13.1 Å². The van der Waals surface area contributed by atoms with E-state index >= 15 is 0 Å². The van der Waals surface area contributed by atoms with Crippen LogP contribution in [0.1, 0.15) is 0 Å². The lowest BCUT2D eigenvalue weighted by Gasteiger charge is -2.28. The first kappa shape index (κ1) is 14.7. The Hall–Kier alpha value is -0.340. The molecule has 2 atom stereocenters. The van der Waals surface area contributed by atoms with Crippen LogP contribution >= 0.6 is 0 Å². The number of alkyl halides is 2. The molecule has 1 aliphatic heterocycles. The van der Waals surface area contributed by atoms with Crippen LogP contribution in [-0.4, -0.2) is 79.7 Å². The normalized spacial score (nSPS) is 21.7. The first-order chi connectivity index (χ1) is 8.09. The van der Waals surface area contributed by atoms with Crippen molar-refractivity contribution >= 4 is 0 Å². The summed E-state index contributed by atoms with van der Waals surface area (Å²) in [5.41, 5.74) is 0. The van der Waals surface area contributed by atoms with Gasteiger partial charge in [-0.05, 0) is 0 Å². The first-order valence-corrected chi connectivity index (χ1v) is 5.74. The van der Waals surface area contributed by atoms with Crippen LogP contribution in [0.3, 0.4) is 0 Å². The summed E-state index contributed by atoms with van der Waals surface area (Å²) in [6.07, 6.45) is -5.05. The predicted octanol–water partition coefficient (Wildman–Crippen LogP) is -1.10. The summed E-state index contributed by atoms with van der Waals surface area (Å²) in [5.74, 6) is 0. The molecule has 1 fully saturated rings. The summed E-state index contributed by atoms with van der Waals surface area (Å²) in [4.78, 5) is 2.05. The van der Waals surface area contributed by atoms with Crippen LogP contribution in [0, 0.1) is 0 Å². The summed E-state index contributed by atoms with van der Waals surface area (Å²) in [5, 5.41) is 21.1. The number of ether oxygens (including phenoxy) is 1. The topological polar surface area (TPSA) is 65.0 Å². The molecular weight excluding hydrogens is 234 g/mol. The molecule has 5 nitrogen and oxygen atoms in total. The number of hydrogen-bond acceptors (Lipinski definition) is 5. The number of β-amino-alcohol motifs (C(OH)–C–C–N with tert-alkyl or cyclic N) is 1. The van der Waals surface area contributed by atoms with E-state index < -0.39 is 18.6 Å². The average Bonchev–Trinajstić information content (AvgIpc) is 2.30. The third-order valence-electron chi connectivity index (χ3n) is 2.60. The van der Waals surface area contributed by atoms with Gasteiger partial charge in [-0.3, -0.25) is 4.90 Å². The Morgan fingerprint density at radius 1 is 1.18 bits per heavy atom. The fraction of sp³-hybridized carbons (Fsp3) is 1.00. The summed E-state index contributed by atoms with van der Waals surface area (Å²) in [7, 11) is 0. The number of aliphatic hydroxyl groups is 2. The molecule has 0 amide bonds. The van der Waals surface area contributed by atoms with Crippen LogP contribution in [0.2, 0.25) is 0 Å². The molecule has 0 saturated carbocycles. The lowest BCUT2D eigenvalue weighted by atomic mass is 10.3. The van der Waals surface area contributed by atoms with E-state index in [-0.39, 0.29) is 13.1 Å². The van der Waals surface area contributed by atoms with Crippen molar-refractivity contribution in [1.29, 1.82) is 0 Å².